The van der Waals surface area contributed by atoms with Crippen molar-refractivity contribution in [1.82, 2.24) is 5.32 Å². The summed E-state index contributed by atoms with van der Waals surface area (Å²) in [6.45, 7) is 3.87. The molecule has 144 valence electrons. The molecule has 0 radical (unpaired) electrons. The maximum absolute atomic E-state index is 12.1. The van der Waals surface area contributed by atoms with E-state index in [4.69, 9.17) is 16.3 Å². The van der Waals surface area contributed by atoms with Crippen molar-refractivity contribution >= 4 is 33.4 Å². The minimum atomic E-state index is -0.461. The molecule has 2 N–H and O–H groups in total. The molecule has 2 aromatic carbocycles. The number of phenolic OH excluding ortho intramolecular Hbond substituents is 1. The summed E-state index contributed by atoms with van der Waals surface area (Å²) in [5.74, 6) is 0.181. The van der Waals surface area contributed by atoms with Crippen molar-refractivity contribution in [3.05, 3.63) is 63.1 Å². The zero-order valence-electron chi connectivity index (χ0n) is 15.3. The summed E-state index contributed by atoms with van der Waals surface area (Å²) >= 11 is 9.63. The summed E-state index contributed by atoms with van der Waals surface area (Å²) in [7, 11) is 0. The number of nitrogens with one attached hydrogen (secondary N) is 1. The van der Waals surface area contributed by atoms with Crippen LogP contribution in [0.3, 0.4) is 0 Å². The van der Waals surface area contributed by atoms with Crippen molar-refractivity contribution in [2.75, 3.05) is 0 Å². The summed E-state index contributed by atoms with van der Waals surface area (Å²) < 4.78 is 7.23. The van der Waals surface area contributed by atoms with Crippen LogP contribution in [0.5, 0.6) is 5.75 Å². The van der Waals surface area contributed by atoms with E-state index in [2.05, 4.69) is 21.2 Å². The van der Waals surface area contributed by atoms with E-state index in [0.717, 1.165) is 10.0 Å². The number of hydrogen-bond donors (Lipinski definition) is 2. The Morgan fingerprint density at radius 1 is 1.30 bits per heavy atom. The van der Waals surface area contributed by atoms with Gasteiger partial charge in [-0.15, -0.1) is 0 Å². The summed E-state index contributed by atoms with van der Waals surface area (Å²) in [5, 5.41) is 14.2. The van der Waals surface area contributed by atoms with Crippen molar-refractivity contribution in [3.63, 3.8) is 0 Å². The van der Waals surface area contributed by atoms with Crippen LogP contribution in [-0.2, 0) is 9.53 Å². The second-order valence-corrected chi connectivity index (χ2v) is 8.59. The van der Waals surface area contributed by atoms with Crippen molar-refractivity contribution in [3.8, 4) is 5.75 Å². The minimum absolute atomic E-state index is 0.00135. The largest absolute Gasteiger partial charge is 0.508 e. The molecule has 0 aliphatic carbocycles. The fourth-order valence-electron chi connectivity index (χ4n) is 3.59. The lowest BCUT2D eigenvalue weighted by molar-refractivity contribution is -0.128. The first kappa shape index (κ1) is 20.2. The fourth-order valence-corrected chi connectivity index (χ4v) is 4.17. The number of phenols is 1. The van der Waals surface area contributed by atoms with Gasteiger partial charge in [-0.1, -0.05) is 46.6 Å². The molecule has 4 nitrogen and oxygen atoms in total. The standard InChI is InChI=1S/C21H23BrClNO3/c1-3-20(26)24-21(2)11-18(13-5-4-6-15(23)9-13)27-19(12-21)16-10-14(22)7-8-17(16)25/h4-10,18-19,25H,3,11-12H2,1-2H3,(H,24,26)/t18-,19+,21-/m0/s1. The van der Waals surface area contributed by atoms with Crippen LogP contribution in [0, 0.1) is 0 Å². The lowest BCUT2D eigenvalue weighted by Crippen LogP contribution is -2.50. The molecular formula is C21H23BrClNO3. The Labute approximate surface area is 173 Å². The Morgan fingerprint density at radius 2 is 2.04 bits per heavy atom. The summed E-state index contributed by atoms with van der Waals surface area (Å²) in [5.41, 5.74) is 1.20. The van der Waals surface area contributed by atoms with E-state index in [9.17, 15) is 9.90 Å². The first-order chi connectivity index (χ1) is 12.8. The summed E-state index contributed by atoms with van der Waals surface area (Å²) in [6.07, 6.45) is 1.01. The van der Waals surface area contributed by atoms with Crippen LogP contribution in [0.15, 0.2) is 46.9 Å². The van der Waals surface area contributed by atoms with Gasteiger partial charge >= 0.3 is 0 Å². The van der Waals surface area contributed by atoms with Crippen LogP contribution in [0.4, 0.5) is 0 Å². The van der Waals surface area contributed by atoms with Crippen LogP contribution in [0.2, 0.25) is 5.02 Å². The predicted octanol–water partition coefficient (Wildman–Crippen LogP) is 5.69. The smallest absolute Gasteiger partial charge is 0.220 e. The van der Waals surface area contributed by atoms with Crippen LogP contribution in [0.1, 0.15) is 56.4 Å². The van der Waals surface area contributed by atoms with Gasteiger partial charge in [-0.25, -0.2) is 0 Å². The van der Waals surface area contributed by atoms with E-state index >= 15 is 0 Å². The highest BCUT2D eigenvalue weighted by molar-refractivity contribution is 9.10. The molecule has 1 aliphatic rings. The maximum atomic E-state index is 12.1. The SMILES string of the molecule is CCC(=O)N[C@@]1(C)C[C@@H](c2cccc(Cl)c2)O[C@@H](c2cc(Br)ccc2O)C1. The van der Waals surface area contributed by atoms with Crippen LogP contribution >= 0.6 is 27.5 Å². The molecule has 2 aromatic rings. The molecule has 0 aromatic heterocycles. The van der Waals surface area contributed by atoms with Gasteiger partial charge in [0.25, 0.3) is 0 Å². The third-order valence-electron chi connectivity index (χ3n) is 4.92. The molecule has 0 saturated carbocycles. The second kappa shape index (κ2) is 8.21. The number of halogens is 2. The average Bonchev–Trinajstić information content (AvgIpc) is 2.62. The second-order valence-electron chi connectivity index (χ2n) is 7.24. The molecule has 1 fully saturated rings. The van der Waals surface area contributed by atoms with E-state index < -0.39 is 5.54 Å². The van der Waals surface area contributed by atoms with E-state index in [1.165, 1.54) is 0 Å². The van der Waals surface area contributed by atoms with E-state index in [1.54, 1.807) is 12.1 Å². The molecule has 1 heterocycles. The van der Waals surface area contributed by atoms with E-state index in [1.807, 2.05) is 44.2 Å². The Balaban J connectivity index is 1.98. The first-order valence-corrected chi connectivity index (χ1v) is 10.2. The number of aromatic hydroxyl groups is 1. The number of rotatable bonds is 4. The van der Waals surface area contributed by atoms with E-state index in [-0.39, 0.29) is 23.9 Å². The number of ether oxygens (including phenoxy) is 1. The van der Waals surface area contributed by atoms with Gasteiger partial charge in [-0.2, -0.15) is 0 Å². The molecule has 0 unspecified atom stereocenters. The number of carbonyl (C=O) groups excluding carboxylic acids is 1. The Kier molecular flexibility index (Phi) is 6.14. The van der Waals surface area contributed by atoms with Crippen molar-refractivity contribution < 1.29 is 14.6 Å². The molecule has 6 heteroatoms. The summed E-state index contributed by atoms with van der Waals surface area (Å²) in [6, 6.07) is 12.9. The quantitative estimate of drug-likeness (QED) is 0.627. The number of benzene rings is 2. The monoisotopic (exact) mass is 451 g/mol. The Hall–Kier alpha value is -1.56. The topological polar surface area (TPSA) is 58.6 Å². The predicted molar refractivity (Wildman–Crippen MR) is 110 cm³/mol. The third-order valence-corrected chi connectivity index (χ3v) is 5.65. The Bertz CT molecular complexity index is 844. The molecule has 27 heavy (non-hydrogen) atoms. The van der Waals surface area contributed by atoms with E-state index in [0.29, 0.717) is 29.8 Å². The lowest BCUT2D eigenvalue weighted by Gasteiger charge is -2.43. The minimum Gasteiger partial charge on any atom is -0.508 e. The molecule has 1 amide bonds. The highest BCUT2D eigenvalue weighted by Crippen LogP contribution is 2.46. The molecular weight excluding hydrogens is 430 g/mol. The van der Waals surface area contributed by atoms with Crippen LogP contribution in [0.25, 0.3) is 0 Å². The van der Waals surface area contributed by atoms with Gasteiger partial charge in [0.2, 0.25) is 5.91 Å². The van der Waals surface area contributed by atoms with Gasteiger partial charge < -0.3 is 15.2 Å². The third kappa shape index (κ3) is 4.84. The highest BCUT2D eigenvalue weighted by Gasteiger charge is 2.40. The van der Waals surface area contributed by atoms with Gasteiger partial charge in [-0.3, -0.25) is 4.79 Å². The number of hydrogen-bond acceptors (Lipinski definition) is 3. The van der Waals surface area contributed by atoms with Gasteiger partial charge in [0, 0.05) is 39.9 Å². The van der Waals surface area contributed by atoms with Crippen molar-refractivity contribution in [2.45, 2.75) is 50.9 Å². The van der Waals surface area contributed by atoms with Crippen LogP contribution < -0.4 is 5.32 Å². The van der Waals surface area contributed by atoms with Gasteiger partial charge in [0.05, 0.1) is 12.2 Å². The molecule has 0 bridgehead atoms. The molecule has 1 aliphatic heterocycles. The first-order valence-electron chi connectivity index (χ1n) is 9.00. The molecule has 3 rings (SSSR count). The zero-order valence-corrected chi connectivity index (χ0v) is 17.7. The maximum Gasteiger partial charge on any atom is 0.220 e. The lowest BCUT2D eigenvalue weighted by atomic mass is 9.81. The van der Waals surface area contributed by atoms with Gasteiger partial charge in [-0.05, 0) is 42.8 Å². The van der Waals surface area contributed by atoms with Crippen molar-refractivity contribution in [1.29, 1.82) is 0 Å². The Morgan fingerprint density at radius 3 is 2.74 bits per heavy atom. The van der Waals surface area contributed by atoms with Gasteiger partial charge in [0.1, 0.15) is 5.75 Å². The normalized spacial score (nSPS) is 25.2. The molecule has 3 atom stereocenters. The number of amides is 1. The molecule has 1 saturated heterocycles. The van der Waals surface area contributed by atoms with Crippen molar-refractivity contribution in [2.24, 2.45) is 0 Å². The fraction of sp³-hybridized carbons (Fsp3) is 0.381. The summed E-state index contributed by atoms with van der Waals surface area (Å²) in [4.78, 5) is 12.1. The van der Waals surface area contributed by atoms with Crippen LogP contribution in [-0.4, -0.2) is 16.6 Å². The molecule has 0 spiro atoms. The highest BCUT2D eigenvalue weighted by atomic mass is 79.9. The zero-order chi connectivity index (χ0) is 19.6. The number of carbonyl (C=O) groups is 1. The van der Waals surface area contributed by atoms with Gasteiger partial charge in [0.15, 0.2) is 0 Å². The average molecular weight is 453 g/mol.